The van der Waals surface area contributed by atoms with E-state index in [1.54, 1.807) is 24.3 Å². The van der Waals surface area contributed by atoms with Crippen LogP contribution < -0.4 is 5.32 Å². The number of nitrogens with zero attached hydrogens (tertiary/aromatic N) is 2. The molecule has 0 unspecified atom stereocenters. The molecule has 1 aliphatic heterocycles. The summed E-state index contributed by atoms with van der Waals surface area (Å²) in [5.74, 6) is 0.769. The molecule has 6 nitrogen and oxygen atoms in total. The van der Waals surface area contributed by atoms with E-state index in [1.165, 1.54) is 4.90 Å². The maximum Gasteiger partial charge on any atom is 0.242 e. The van der Waals surface area contributed by atoms with Gasteiger partial charge in [0.15, 0.2) is 0 Å². The molecule has 0 aromatic carbocycles. The number of likely N-dealkylation sites (N-methyl/N-ethyl adjacent to an activating group) is 1. The van der Waals surface area contributed by atoms with Crippen molar-refractivity contribution in [1.82, 2.24) is 15.1 Å². The average Bonchev–Trinajstić information content (AvgIpc) is 2.98. The maximum absolute atomic E-state index is 12.0. The van der Waals surface area contributed by atoms with Gasteiger partial charge in [-0.3, -0.25) is 9.59 Å². The normalized spacial score (nSPS) is 15.2. The van der Waals surface area contributed by atoms with E-state index in [9.17, 15) is 9.59 Å². The summed E-state index contributed by atoms with van der Waals surface area (Å²) in [6, 6.07) is 3.65. The van der Waals surface area contributed by atoms with Crippen LogP contribution in [0.5, 0.6) is 0 Å². The molecular weight excluding hydrogens is 258 g/mol. The van der Waals surface area contributed by atoms with Gasteiger partial charge in [0, 0.05) is 46.1 Å². The Labute approximate surface area is 118 Å². The van der Waals surface area contributed by atoms with Crippen molar-refractivity contribution in [3.8, 4) is 0 Å². The summed E-state index contributed by atoms with van der Waals surface area (Å²) in [6.07, 6.45) is 2.52. The molecule has 0 atom stereocenters. The number of amides is 2. The second-order valence-corrected chi connectivity index (χ2v) is 4.96. The highest BCUT2D eigenvalue weighted by Gasteiger charge is 2.19. The van der Waals surface area contributed by atoms with Crippen LogP contribution in [0.2, 0.25) is 0 Å². The van der Waals surface area contributed by atoms with Crippen LogP contribution in [0.4, 0.5) is 0 Å². The van der Waals surface area contributed by atoms with Crippen molar-refractivity contribution in [2.45, 2.75) is 12.8 Å². The van der Waals surface area contributed by atoms with Crippen LogP contribution in [0, 0.1) is 0 Å². The number of rotatable bonds is 5. The molecule has 1 fully saturated rings. The zero-order valence-corrected chi connectivity index (χ0v) is 11.8. The molecule has 1 aliphatic rings. The molecule has 0 aliphatic carbocycles. The monoisotopic (exact) mass is 279 g/mol. The standard InChI is InChI=1S/C14H21N3O3/c1-16(11-14(19)17-8-6-15-7-9-17)13(18)5-4-12-3-2-10-20-12/h2-3,10,15H,4-9,11H2,1H3. The highest BCUT2D eigenvalue weighted by Crippen LogP contribution is 2.05. The SMILES string of the molecule is CN(CC(=O)N1CCNCC1)C(=O)CCc1ccco1. The second kappa shape index (κ2) is 7.09. The molecule has 0 saturated carbocycles. The first-order chi connectivity index (χ1) is 9.66. The number of furan rings is 1. The Kier molecular flexibility index (Phi) is 5.17. The first-order valence-corrected chi connectivity index (χ1v) is 6.91. The minimum Gasteiger partial charge on any atom is -0.469 e. The lowest BCUT2D eigenvalue weighted by atomic mass is 10.2. The molecule has 2 rings (SSSR count). The molecule has 1 saturated heterocycles. The second-order valence-electron chi connectivity index (χ2n) is 4.96. The van der Waals surface area contributed by atoms with Crippen LogP contribution in [0.25, 0.3) is 0 Å². The van der Waals surface area contributed by atoms with Crippen molar-refractivity contribution in [1.29, 1.82) is 0 Å². The minimum absolute atomic E-state index is 0.0142. The fraction of sp³-hybridized carbons (Fsp3) is 0.571. The Morgan fingerprint density at radius 1 is 1.40 bits per heavy atom. The summed E-state index contributed by atoms with van der Waals surface area (Å²) >= 11 is 0. The highest BCUT2D eigenvalue weighted by molar-refractivity contribution is 5.84. The van der Waals surface area contributed by atoms with E-state index in [0.29, 0.717) is 25.9 Å². The van der Waals surface area contributed by atoms with Gasteiger partial charge in [-0.2, -0.15) is 0 Å². The van der Waals surface area contributed by atoms with E-state index in [1.807, 2.05) is 6.07 Å². The molecule has 0 spiro atoms. The summed E-state index contributed by atoms with van der Waals surface area (Å²) in [5, 5.41) is 3.20. The van der Waals surface area contributed by atoms with Gasteiger partial charge >= 0.3 is 0 Å². The number of piperazine rings is 1. The van der Waals surface area contributed by atoms with Gasteiger partial charge in [-0.05, 0) is 12.1 Å². The van der Waals surface area contributed by atoms with E-state index in [-0.39, 0.29) is 18.4 Å². The first-order valence-electron chi connectivity index (χ1n) is 6.91. The molecule has 20 heavy (non-hydrogen) atoms. The van der Waals surface area contributed by atoms with Crippen LogP contribution in [0.3, 0.4) is 0 Å². The van der Waals surface area contributed by atoms with Gasteiger partial charge in [0.25, 0.3) is 0 Å². The van der Waals surface area contributed by atoms with Gasteiger partial charge in [-0.25, -0.2) is 0 Å². The fourth-order valence-corrected chi connectivity index (χ4v) is 2.18. The molecule has 0 radical (unpaired) electrons. The van der Waals surface area contributed by atoms with Gasteiger partial charge in [0.2, 0.25) is 11.8 Å². The summed E-state index contributed by atoms with van der Waals surface area (Å²) in [5.41, 5.74) is 0. The summed E-state index contributed by atoms with van der Waals surface area (Å²) in [6.45, 7) is 3.22. The van der Waals surface area contributed by atoms with E-state index in [4.69, 9.17) is 4.42 Å². The molecular formula is C14H21N3O3. The van der Waals surface area contributed by atoms with Crippen LogP contribution in [-0.2, 0) is 16.0 Å². The molecule has 1 aromatic heterocycles. The number of nitrogens with one attached hydrogen (secondary N) is 1. The summed E-state index contributed by atoms with van der Waals surface area (Å²) in [7, 11) is 1.67. The lowest BCUT2D eigenvalue weighted by Gasteiger charge is -2.29. The molecule has 2 heterocycles. The van der Waals surface area contributed by atoms with Crippen LogP contribution in [0.1, 0.15) is 12.2 Å². The Hall–Kier alpha value is -1.82. The molecule has 2 amide bonds. The smallest absolute Gasteiger partial charge is 0.242 e. The third kappa shape index (κ3) is 4.09. The van der Waals surface area contributed by atoms with E-state index in [2.05, 4.69) is 5.32 Å². The first kappa shape index (κ1) is 14.6. The van der Waals surface area contributed by atoms with Gasteiger partial charge in [0.1, 0.15) is 5.76 Å². The summed E-state index contributed by atoms with van der Waals surface area (Å²) in [4.78, 5) is 27.3. The van der Waals surface area contributed by atoms with E-state index < -0.39 is 0 Å². The molecule has 0 bridgehead atoms. The van der Waals surface area contributed by atoms with Crippen LogP contribution >= 0.6 is 0 Å². The Bertz CT molecular complexity index is 439. The molecule has 6 heteroatoms. The zero-order valence-electron chi connectivity index (χ0n) is 11.8. The molecule has 1 aromatic rings. The van der Waals surface area contributed by atoms with Crippen molar-refractivity contribution in [2.75, 3.05) is 39.8 Å². The highest BCUT2D eigenvalue weighted by atomic mass is 16.3. The van der Waals surface area contributed by atoms with Crippen molar-refractivity contribution < 1.29 is 14.0 Å². The fourth-order valence-electron chi connectivity index (χ4n) is 2.18. The van der Waals surface area contributed by atoms with Crippen molar-refractivity contribution >= 4 is 11.8 Å². The van der Waals surface area contributed by atoms with Gasteiger partial charge < -0.3 is 19.5 Å². The van der Waals surface area contributed by atoms with E-state index in [0.717, 1.165) is 18.8 Å². The molecule has 110 valence electrons. The van der Waals surface area contributed by atoms with Crippen LogP contribution in [-0.4, -0.2) is 61.4 Å². The topological polar surface area (TPSA) is 65.8 Å². The van der Waals surface area contributed by atoms with Crippen LogP contribution in [0.15, 0.2) is 22.8 Å². The summed E-state index contributed by atoms with van der Waals surface area (Å²) < 4.78 is 5.19. The zero-order chi connectivity index (χ0) is 14.4. The Morgan fingerprint density at radius 2 is 2.15 bits per heavy atom. The Morgan fingerprint density at radius 3 is 2.80 bits per heavy atom. The van der Waals surface area contributed by atoms with Crippen molar-refractivity contribution in [3.05, 3.63) is 24.2 Å². The molecule has 1 N–H and O–H groups in total. The number of carbonyl (C=O) groups is 2. The van der Waals surface area contributed by atoms with Gasteiger partial charge in [-0.1, -0.05) is 0 Å². The largest absolute Gasteiger partial charge is 0.469 e. The van der Waals surface area contributed by atoms with Gasteiger partial charge in [-0.15, -0.1) is 0 Å². The number of hydrogen-bond acceptors (Lipinski definition) is 4. The van der Waals surface area contributed by atoms with Crippen molar-refractivity contribution in [3.63, 3.8) is 0 Å². The third-order valence-corrected chi connectivity index (χ3v) is 3.43. The third-order valence-electron chi connectivity index (χ3n) is 3.43. The van der Waals surface area contributed by atoms with Gasteiger partial charge in [0.05, 0.1) is 12.8 Å². The maximum atomic E-state index is 12.0. The number of hydrogen-bond donors (Lipinski definition) is 1. The average molecular weight is 279 g/mol. The number of aryl methyl sites for hydroxylation is 1. The Balaban J connectivity index is 1.73. The minimum atomic E-state index is -0.0371. The van der Waals surface area contributed by atoms with E-state index >= 15 is 0 Å². The predicted molar refractivity (Wildman–Crippen MR) is 74.1 cm³/mol. The quantitative estimate of drug-likeness (QED) is 0.830. The lowest BCUT2D eigenvalue weighted by molar-refractivity contribution is -0.139. The number of carbonyl (C=O) groups excluding carboxylic acids is 2. The van der Waals surface area contributed by atoms with Crippen molar-refractivity contribution in [2.24, 2.45) is 0 Å². The lowest BCUT2D eigenvalue weighted by Crippen LogP contribution is -2.49. The predicted octanol–water partition coefficient (Wildman–Crippen LogP) is 0.102.